The second-order valence-electron chi connectivity index (χ2n) is 8.07. The van der Waals surface area contributed by atoms with Crippen LogP contribution in [0.15, 0.2) is 42.5 Å². The highest BCUT2D eigenvalue weighted by Crippen LogP contribution is 2.22. The summed E-state index contributed by atoms with van der Waals surface area (Å²) in [5, 5.41) is 5.14. The van der Waals surface area contributed by atoms with Gasteiger partial charge < -0.3 is 15.5 Å². The van der Waals surface area contributed by atoms with Gasteiger partial charge in [0.05, 0.1) is 0 Å². The Hall–Kier alpha value is -2.66. The van der Waals surface area contributed by atoms with Gasteiger partial charge in [-0.1, -0.05) is 30.3 Å². The molecule has 2 atom stereocenters. The number of aryl methyl sites for hydroxylation is 2. The molecule has 1 fully saturated rings. The van der Waals surface area contributed by atoms with Crippen molar-refractivity contribution in [2.24, 2.45) is 0 Å². The number of nitrogens with one attached hydrogen (secondary N) is 1. The van der Waals surface area contributed by atoms with Gasteiger partial charge in [0.15, 0.2) is 6.04 Å². The number of hydrogen-bond donors (Lipinski definition) is 2. The molecule has 2 aromatic rings. The quantitative estimate of drug-likeness (QED) is 0.857. The summed E-state index contributed by atoms with van der Waals surface area (Å²) in [6.45, 7) is 5.52. The lowest BCUT2D eigenvalue weighted by Gasteiger charge is -2.29. The standard InChI is InChI=1S/C23H27N3O2/c1-15-10-16(2)12-19(11-15)25-22(27)21-8-5-9-26(21)23(28)20-13-17-6-3-4-7-18(17)14-24-20/h3-4,6-7,10-12,20-21,24H,5,8-9,13-14H2,1-2H3,(H,25,27)/p+1/t20-,21-/m0/s1. The number of anilines is 1. The Morgan fingerprint density at radius 3 is 2.54 bits per heavy atom. The molecule has 2 aliphatic heterocycles. The van der Waals surface area contributed by atoms with Crippen molar-refractivity contribution >= 4 is 17.5 Å². The summed E-state index contributed by atoms with van der Waals surface area (Å²) in [5.74, 6) is 0.0136. The summed E-state index contributed by atoms with van der Waals surface area (Å²) < 4.78 is 0. The van der Waals surface area contributed by atoms with E-state index in [0.717, 1.165) is 42.6 Å². The molecule has 0 unspecified atom stereocenters. The molecule has 2 heterocycles. The summed E-state index contributed by atoms with van der Waals surface area (Å²) in [4.78, 5) is 27.9. The molecule has 3 N–H and O–H groups in total. The van der Waals surface area contributed by atoms with E-state index in [1.807, 2.05) is 38.1 Å². The lowest BCUT2D eigenvalue weighted by atomic mass is 9.95. The molecule has 0 aliphatic carbocycles. The third-order valence-corrected chi connectivity index (χ3v) is 5.83. The molecule has 0 saturated carbocycles. The molecule has 0 radical (unpaired) electrons. The number of carbonyl (C=O) groups excluding carboxylic acids is 2. The number of benzene rings is 2. The zero-order valence-electron chi connectivity index (χ0n) is 16.6. The normalized spacial score (nSPS) is 21.3. The van der Waals surface area contributed by atoms with Crippen molar-refractivity contribution in [3.8, 4) is 0 Å². The summed E-state index contributed by atoms with van der Waals surface area (Å²) in [6, 6.07) is 13.8. The van der Waals surface area contributed by atoms with Crippen LogP contribution in [0.1, 0.15) is 35.1 Å². The third-order valence-electron chi connectivity index (χ3n) is 5.83. The fourth-order valence-electron chi connectivity index (χ4n) is 4.52. The van der Waals surface area contributed by atoms with Crippen LogP contribution in [0.2, 0.25) is 0 Å². The highest BCUT2D eigenvalue weighted by Gasteiger charge is 2.39. The van der Waals surface area contributed by atoms with Crippen molar-refractivity contribution in [2.45, 2.75) is 51.7 Å². The SMILES string of the molecule is Cc1cc(C)cc(NC(=O)[C@@H]2CCCN2C(=O)[C@@H]2Cc3ccccc3C[NH2+]2)c1. The number of hydrogen-bond acceptors (Lipinski definition) is 2. The highest BCUT2D eigenvalue weighted by molar-refractivity contribution is 5.98. The van der Waals surface area contributed by atoms with Gasteiger partial charge in [-0.05, 0) is 55.5 Å². The molecule has 0 spiro atoms. The van der Waals surface area contributed by atoms with Crippen molar-refractivity contribution < 1.29 is 14.9 Å². The van der Waals surface area contributed by atoms with Crippen LogP contribution in [0.25, 0.3) is 0 Å². The number of likely N-dealkylation sites (tertiary alicyclic amines) is 1. The maximum absolute atomic E-state index is 13.2. The van der Waals surface area contributed by atoms with Gasteiger partial charge in [0.1, 0.15) is 12.6 Å². The number of fused-ring (bicyclic) bond motifs is 1. The predicted molar refractivity (Wildman–Crippen MR) is 109 cm³/mol. The number of nitrogens with two attached hydrogens (primary N) is 1. The van der Waals surface area contributed by atoms with Crippen LogP contribution in [-0.2, 0) is 22.6 Å². The van der Waals surface area contributed by atoms with Crippen molar-refractivity contribution in [1.82, 2.24) is 4.90 Å². The Kier molecular flexibility index (Phi) is 5.18. The van der Waals surface area contributed by atoms with Crippen LogP contribution in [-0.4, -0.2) is 35.3 Å². The zero-order valence-corrected chi connectivity index (χ0v) is 16.6. The average molecular weight is 378 g/mol. The highest BCUT2D eigenvalue weighted by atomic mass is 16.2. The van der Waals surface area contributed by atoms with E-state index < -0.39 is 0 Å². The lowest BCUT2D eigenvalue weighted by Crippen LogP contribution is -2.93. The van der Waals surface area contributed by atoms with Crippen LogP contribution in [0, 0.1) is 13.8 Å². The summed E-state index contributed by atoms with van der Waals surface area (Å²) in [7, 11) is 0. The molecule has 2 aliphatic rings. The molecular formula is C23H28N3O2+. The van der Waals surface area contributed by atoms with E-state index in [1.54, 1.807) is 4.90 Å². The van der Waals surface area contributed by atoms with Crippen LogP contribution in [0.3, 0.4) is 0 Å². The molecule has 146 valence electrons. The smallest absolute Gasteiger partial charge is 0.281 e. The van der Waals surface area contributed by atoms with E-state index in [0.29, 0.717) is 6.54 Å². The first-order valence-corrected chi connectivity index (χ1v) is 10.1. The average Bonchev–Trinajstić information content (AvgIpc) is 3.16. The molecule has 5 heteroatoms. The van der Waals surface area contributed by atoms with Crippen LogP contribution in [0.5, 0.6) is 0 Å². The minimum absolute atomic E-state index is 0.0768. The van der Waals surface area contributed by atoms with Gasteiger partial charge in [-0.3, -0.25) is 9.59 Å². The van der Waals surface area contributed by atoms with E-state index in [1.165, 1.54) is 11.1 Å². The monoisotopic (exact) mass is 378 g/mol. The molecule has 2 amide bonds. The molecule has 5 nitrogen and oxygen atoms in total. The lowest BCUT2D eigenvalue weighted by molar-refractivity contribution is -0.695. The summed E-state index contributed by atoms with van der Waals surface area (Å²) >= 11 is 0. The van der Waals surface area contributed by atoms with Crippen molar-refractivity contribution in [2.75, 3.05) is 11.9 Å². The first kappa shape index (κ1) is 18.7. The molecule has 28 heavy (non-hydrogen) atoms. The van der Waals surface area contributed by atoms with Gasteiger partial charge >= 0.3 is 0 Å². The molecule has 4 rings (SSSR count). The van der Waals surface area contributed by atoms with E-state index in [2.05, 4.69) is 28.8 Å². The van der Waals surface area contributed by atoms with Gasteiger partial charge in [0, 0.05) is 24.2 Å². The Labute approximate surface area is 166 Å². The number of nitrogens with zero attached hydrogens (tertiary/aromatic N) is 1. The Bertz CT molecular complexity index is 888. The Morgan fingerprint density at radius 2 is 1.79 bits per heavy atom. The van der Waals surface area contributed by atoms with Crippen LogP contribution in [0.4, 0.5) is 5.69 Å². The molecule has 0 aromatic heterocycles. The topological polar surface area (TPSA) is 66.0 Å². The summed E-state index contributed by atoms with van der Waals surface area (Å²) in [6.07, 6.45) is 2.34. The number of rotatable bonds is 3. The predicted octanol–water partition coefficient (Wildman–Crippen LogP) is 1.92. The van der Waals surface area contributed by atoms with E-state index >= 15 is 0 Å². The minimum atomic E-state index is -0.376. The van der Waals surface area contributed by atoms with E-state index in [9.17, 15) is 9.59 Å². The van der Waals surface area contributed by atoms with Crippen molar-refractivity contribution in [1.29, 1.82) is 0 Å². The van der Waals surface area contributed by atoms with Gasteiger partial charge in [0.2, 0.25) is 5.91 Å². The first-order valence-electron chi connectivity index (χ1n) is 10.1. The maximum atomic E-state index is 13.2. The summed E-state index contributed by atoms with van der Waals surface area (Å²) in [5.41, 5.74) is 5.59. The van der Waals surface area contributed by atoms with Crippen molar-refractivity contribution in [3.63, 3.8) is 0 Å². The second-order valence-corrected chi connectivity index (χ2v) is 8.07. The van der Waals surface area contributed by atoms with Gasteiger partial charge in [-0.15, -0.1) is 0 Å². The molecule has 2 aromatic carbocycles. The van der Waals surface area contributed by atoms with Crippen LogP contribution < -0.4 is 10.6 Å². The van der Waals surface area contributed by atoms with Gasteiger partial charge in [0.25, 0.3) is 5.91 Å². The second kappa shape index (κ2) is 7.76. The van der Waals surface area contributed by atoms with E-state index in [-0.39, 0.29) is 23.9 Å². The van der Waals surface area contributed by atoms with E-state index in [4.69, 9.17) is 0 Å². The minimum Gasteiger partial charge on any atom is -0.332 e. The Balaban J connectivity index is 1.45. The molecule has 0 bridgehead atoms. The maximum Gasteiger partial charge on any atom is 0.281 e. The Morgan fingerprint density at radius 1 is 1.07 bits per heavy atom. The zero-order chi connectivity index (χ0) is 19.7. The molecule has 1 saturated heterocycles. The number of amides is 2. The third kappa shape index (κ3) is 3.80. The number of carbonyl (C=O) groups is 2. The van der Waals surface area contributed by atoms with Crippen molar-refractivity contribution in [3.05, 3.63) is 64.7 Å². The van der Waals surface area contributed by atoms with Gasteiger partial charge in [-0.2, -0.15) is 0 Å². The molecular weight excluding hydrogens is 350 g/mol. The fourth-order valence-corrected chi connectivity index (χ4v) is 4.52. The van der Waals surface area contributed by atoms with Crippen LogP contribution >= 0.6 is 0 Å². The fraction of sp³-hybridized carbons (Fsp3) is 0.391. The number of quaternary nitrogens is 1. The van der Waals surface area contributed by atoms with Gasteiger partial charge in [-0.25, -0.2) is 0 Å². The first-order chi connectivity index (χ1) is 13.5. The largest absolute Gasteiger partial charge is 0.332 e.